The maximum absolute atomic E-state index is 12.2. The van der Waals surface area contributed by atoms with Gasteiger partial charge in [-0.1, -0.05) is 30.3 Å². The lowest BCUT2D eigenvalue weighted by Crippen LogP contribution is -2.54. The minimum atomic E-state index is -0.501. The molecule has 0 radical (unpaired) electrons. The Hall–Kier alpha value is -2.83. The molecule has 0 bridgehead atoms. The van der Waals surface area contributed by atoms with Gasteiger partial charge < -0.3 is 4.74 Å². The lowest BCUT2D eigenvalue weighted by Gasteiger charge is -2.37. The van der Waals surface area contributed by atoms with Gasteiger partial charge in [0.1, 0.15) is 5.70 Å². The topological polar surface area (TPSA) is 65.5 Å². The molecule has 3 rings (SSSR count). The Labute approximate surface area is 121 Å². The van der Waals surface area contributed by atoms with E-state index < -0.39 is 5.97 Å². The van der Waals surface area contributed by atoms with E-state index in [2.05, 4.69) is 5.10 Å². The molecule has 1 aromatic carbocycles. The Morgan fingerprint density at radius 2 is 2.00 bits per heavy atom. The van der Waals surface area contributed by atoms with Gasteiger partial charge in [0.2, 0.25) is 0 Å². The van der Waals surface area contributed by atoms with E-state index in [1.54, 1.807) is 13.1 Å². The number of hydrogen-bond donors (Lipinski definition) is 0. The monoisotopic (exact) mass is 286 g/mol. The molecule has 0 saturated heterocycles. The Bertz CT molecular complexity index is 653. The van der Waals surface area contributed by atoms with Crippen LogP contribution in [-0.2, 0) is 9.53 Å². The zero-order valence-corrected chi connectivity index (χ0v) is 11.7. The van der Waals surface area contributed by atoms with Crippen LogP contribution in [0.5, 0.6) is 0 Å². The average molecular weight is 286 g/mol. The Morgan fingerprint density at radius 1 is 1.29 bits per heavy atom. The molecule has 0 fully saturated rings. The molecule has 2 aliphatic heterocycles. The lowest BCUT2D eigenvalue weighted by atomic mass is 10.2. The molecule has 0 aromatic heterocycles. The van der Waals surface area contributed by atoms with Crippen molar-refractivity contribution in [3.05, 3.63) is 47.7 Å². The van der Waals surface area contributed by atoms with Crippen LogP contribution in [-0.4, -0.2) is 53.6 Å². The minimum absolute atomic E-state index is 0.293. The molecule has 2 heterocycles. The van der Waals surface area contributed by atoms with Gasteiger partial charge in [0.05, 0.1) is 13.7 Å². The van der Waals surface area contributed by atoms with Gasteiger partial charge in [0.25, 0.3) is 0 Å². The Balaban J connectivity index is 2.08. The SMILES string of the molecule is COC(=O)C1=CCN2C(=O)N(C)N=C(c3ccccc3)N12. The van der Waals surface area contributed by atoms with Gasteiger partial charge in [-0.25, -0.2) is 24.6 Å². The van der Waals surface area contributed by atoms with Crippen LogP contribution in [0.15, 0.2) is 47.2 Å². The van der Waals surface area contributed by atoms with E-state index in [-0.39, 0.29) is 6.03 Å². The van der Waals surface area contributed by atoms with Crippen LogP contribution in [0.2, 0.25) is 0 Å². The van der Waals surface area contributed by atoms with Crippen LogP contribution < -0.4 is 0 Å². The van der Waals surface area contributed by atoms with Gasteiger partial charge in [-0.15, -0.1) is 5.10 Å². The number of rotatable bonds is 2. The predicted octanol–water partition coefficient (Wildman–Crippen LogP) is 1.00. The van der Waals surface area contributed by atoms with Crippen molar-refractivity contribution in [1.29, 1.82) is 0 Å². The number of ether oxygens (including phenoxy) is 1. The summed E-state index contributed by atoms with van der Waals surface area (Å²) in [5.74, 6) is 0.00494. The van der Waals surface area contributed by atoms with Crippen LogP contribution in [0.25, 0.3) is 0 Å². The number of fused-ring (bicyclic) bond motifs is 1. The number of carbonyl (C=O) groups is 2. The van der Waals surface area contributed by atoms with Gasteiger partial charge in [-0.05, 0) is 6.08 Å². The van der Waals surface area contributed by atoms with E-state index in [0.29, 0.717) is 18.1 Å². The minimum Gasteiger partial charge on any atom is -0.464 e. The molecule has 7 nitrogen and oxygen atoms in total. The highest BCUT2D eigenvalue weighted by atomic mass is 16.5. The van der Waals surface area contributed by atoms with E-state index in [9.17, 15) is 9.59 Å². The number of urea groups is 1. The fourth-order valence-corrected chi connectivity index (χ4v) is 2.30. The van der Waals surface area contributed by atoms with Gasteiger partial charge in [0.15, 0.2) is 5.84 Å². The summed E-state index contributed by atoms with van der Waals surface area (Å²) in [6, 6.07) is 9.07. The predicted molar refractivity (Wildman–Crippen MR) is 74.8 cm³/mol. The molecular weight excluding hydrogens is 272 g/mol. The Morgan fingerprint density at radius 3 is 2.67 bits per heavy atom. The molecule has 0 spiro atoms. The van der Waals surface area contributed by atoms with Gasteiger partial charge in [0, 0.05) is 12.6 Å². The zero-order chi connectivity index (χ0) is 15.0. The normalized spacial score (nSPS) is 17.4. The molecule has 21 heavy (non-hydrogen) atoms. The number of hydrogen-bond acceptors (Lipinski definition) is 5. The molecule has 108 valence electrons. The second kappa shape index (κ2) is 4.93. The smallest absolute Gasteiger partial charge is 0.359 e. The summed E-state index contributed by atoms with van der Waals surface area (Å²) in [5.41, 5.74) is 1.10. The van der Waals surface area contributed by atoms with E-state index in [1.165, 1.54) is 22.1 Å². The number of nitrogens with zero attached hydrogens (tertiary/aromatic N) is 4. The first-order valence-corrected chi connectivity index (χ1v) is 6.41. The number of amidine groups is 1. The maximum atomic E-state index is 12.2. The summed E-state index contributed by atoms with van der Waals surface area (Å²) in [7, 11) is 2.89. The fraction of sp³-hybridized carbons (Fsp3) is 0.214. The summed E-state index contributed by atoms with van der Waals surface area (Å²) in [6.45, 7) is 0.305. The van der Waals surface area contributed by atoms with E-state index >= 15 is 0 Å². The summed E-state index contributed by atoms with van der Waals surface area (Å²) in [6.07, 6.45) is 1.65. The molecule has 1 aromatic rings. The summed E-state index contributed by atoms with van der Waals surface area (Å²) in [5, 5.41) is 8.49. The molecule has 0 aliphatic carbocycles. The van der Waals surface area contributed by atoms with Crippen molar-refractivity contribution < 1.29 is 14.3 Å². The molecule has 2 aliphatic rings. The number of amides is 2. The first-order valence-electron chi connectivity index (χ1n) is 6.41. The number of carbonyl (C=O) groups excluding carboxylic acids is 2. The quantitative estimate of drug-likeness (QED) is 0.761. The fourth-order valence-electron chi connectivity index (χ4n) is 2.30. The highest BCUT2D eigenvalue weighted by Gasteiger charge is 2.41. The largest absolute Gasteiger partial charge is 0.464 e. The molecule has 0 atom stereocenters. The summed E-state index contributed by atoms with van der Waals surface area (Å²) >= 11 is 0. The molecule has 7 heteroatoms. The molecular formula is C14H14N4O3. The van der Waals surface area contributed by atoms with E-state index in [0.717, 1.165) is 5.56 Å². The maximum Gasteiger partial charge on any atom is 0.359 e. The van der Waals surface area contributed by atoms with Gasteiger partial charge in [-0.2, -0.15) is 0 Å². The van der Waals surface area contributed by atoms with Gasteiger partial charge >= 0.3 is 12.0 Å². The third kappa shape index (κ3) is 2.03. The number of esters is 1. The molecule has 0 saturated carbocycles. The number of benzene rings is 1. The van der Waals surface area contributed by atoms with Crippen molar-refractivity contribution in [3.8, 4) is 0 Å². The lowest BCUT2D eigenvalue weighted by molar-refractivity contribution is -0.138. The van der Waals surface area contributed by atoms with E-state index in [1.807, 2.05) is 30.3 Å². The highest BCUT2D eigenvalue weighted by molar-refractivity contribution is 6.07. The van der Waals surface area contributed by atoms with Crippen LogP contribution in [0.3, 0.4) is 0 Å². The summed E-state index contributed by atoms with van der Waals surface area (Å²) in [4.78, 5) is 24.1. The first-order chi connectivity index (χ1) is 10.1. The third-order valence-electron chi connectivity index (χ3n) is 3.30. The van der Waals surface area contributed by atoms with Crippen molar-refractivity contribution in [1.82, 2.24) is 15.0 Å². The number of methoxy groups -OCH3 is 1. The van der Waals surface area contributed by atoms with Gasteiger partial charge in [-0.3, -0.25) is 0 Å². The summed E-state index contributed by atoms with van der Waals surface area (Å²) < 4.78 is 4.77. The second-order valence-corrected chi connectivity index (χ2v) is 4.57. The highest BCUT2D eigenvalue weighted by Crippen LogP contribution is 2.26. The zero-order valence-electron chi connectivity index (χ0n) is 11.7. The van der Waals surface area contributed by atoms with Crippen LogP contribution in [0.4, 0.5) is 4.79 Å². The van der Waals surface area contributed by atoms with Crippen LogP contribution in [0.1, 0.15) is 5.56 Å². The second-order valence-electron chi connectivity index (χ2n) is 4.57. The van der Waals surface area contributed by atoms with Crippen molar-refractivity contribution in [2.45, 2.75) is 0 Å². The number of hydrazone groups is 1. The molecule has 0 N–H and O–H groups in total. The standard InChI is InChI=1S/C14H14N4O3/c1-16-14(20)17-9-8-11(13(19)21-2)18(17)12(15-16)10-6-4-3-5-7-10/h3-8H,9H2,1-2H3. The molecule has 2 amide bonds. The third-order valence-corrected chi connectivity index (χ3v) is 3.30. The average Bonchev–Trinajstić information content (AvgIpc) is 2.96. The Kier molecular flexibility index (Phi) is 3.09. The van der Waals surface area contributed by atoms with Crippen molar-refractivity contribution in [2.24, 2.45) is 5.10 Å². The van der Waals surface area contributed by atoms with Crippen LogP contribution >= 0.6 is 0 Å². The van der Waals surface area contributed by atoms with Crippen LogP contribution in [0, 0.1) is 0 Å². The van der Waals surface area contributed by atoms with E-state index in [4.69, 9.17) is 4.74 Å². The molecule has 0 unspecified atom stereocenters. The van der Waals surface area contributed by atoms with Crippen molar-refractivity contribution in [3.63, 3.8) is 0 Å². The van der Waals surface area contributed by atoms with Crippen molar-refractivity contribution >= 4 is 17.8 Å². The number of hydrazine groups is 1. The van der Waals surface area contributed by atoms with Crippen molar-refractivity contribution in [2.75, 3.05) is 20.7 Å². The first kappa shape index (κ1) is 13.2.